The molecule has 0 saturated heterocycles. The Labute approximate surface area is 122 Å². The SMILES string of the molecule is CN(CCCCCBr)C(=O)Cc1cccc(Cl)c1. The Morgan fingerprint density at radius 2 is 2.11 bits per heavy atom. The van der Waals surface area contributed by atoms with Crippen molar-refractivity contribution < 1.29 is 4.79 Å². The largest absolute Gasteiger partial charge is 0.345 e. The van der Waals surface area contributed by atoms with E-state index in [1.165, 1.54) is 0 Å². The third kappa shape index (κ3) is 5.87. The second-order valence-electron chi connectivity index (χ2n) is 4.37. The number of unbranched alkanes of at least 4 members (excludes halogenated alkanes) is 2. The Balaban J connectivity index is 2.35. The molecule has 0 bridgehead atoms. The first kappa shape index (κ1) is 15.5. The summed E-state index contributed by atoms with van der Waals surface area (Å²) < 4.78 is 0. The number of alkyl halides is 1. The molecule has 0 heterocycles. The van der Waals surface area contributed by atoms with Crippen molar-refractivity contribution in [1.82, 2.24) is 4.90 Å². The number of carbonyl (C=O) groups is 1. The summed E-state index contributed by atoms with van der Waals surface area (Å²) in [4.78, 5) is 13.8. The molecule has 1 amide bonds. The van der Waals surface area contributed by atoms with Gasteiger partial charge in [0.05, 0.1) is 6.42 Å². The quantitative estimate of drug-likeness (QED) is 0.547. The Morgan fingerprint density at radius 1 is 1.33 bits per heavy atom. The highest BCUT2D eigenvalue weighted by atomic mass is 79.9. The molecule has 0 aromatic heterocycles. The van der Waals surface area contributed by atoms with Crippen LogP contribution in [0.1, 0.15) is 24.8 Å². The highest BCUT2D eigenvalue weighted by Crippen LogP contribution is 2.12. The van der Waals surface area contributed by atoms with Gasteiger partial charge in [-0.3, -0.25) is 4.79 Å². The van der Waals surface area contributed by atoms with E-state index in [4.69, 9.17) is 11.6 Å². The number of benzene rings is 1. The number of halogens is 2. The maximum atomic E-state index is 12.0. The van der Waals surface area contributed by atoms with Crippen molar-refractivity contribution in [2.45, 2.75) is 25.7 Å². The van der Waals surface area contributed by atoms with E-state index in [-0.39, 0.29) is 5.91 Å². The smallest absolute Gasteiger partial charge is 0.226 e. The van der Waals surface area contributed by atoms with Gasteiger partial charge in [-0.25, -0.2) is 0 Å². The molecule has 1 aromatic carbocycles. The molecule has 0 atom stereocenters. The molecule has 100 valence electrons. The summed E-state index contributed by atoms with van der Waals surface area (Å²) in [5.74, 6) is 0.149. The van der Waals surface area contributed by atoms with Gasteiger partial charge in [0.25, 0.3) is 0 Å². The van der Waals surface area contributed by atoms with Gasteiger partial charge in [0, 0.05) is 23.9 Å². The van der Waals surface area contributed by atoms with Gasteiger partial charge in [-0.05, 0) is 30.5 Å². The maximum Gasteiger partial charge on any atom is 0.226 e. The monoisotopic (exact) mass is 331 g/mol. The Bertz CT molecular complexity index is 384. The summed E-state index contributed by atoms with van der Waals surface area (Å²) in [5, 5.41) is 1.72. The van der Waals surface area contributed by atoms with Crippen LogP contribution in [0.3, 0.4) is 0 Å². The molecule has 4 heteroatoms. The first-order chi connectivity index (χ1) is 8.63. The molecule has 0 saturated carbocycles. The van der Waals surface area contributed by atoms with Gasteiger partial charge in [-0.15, -0.1) is 0 Å². The van der Waals surface area contributed by atoms with Gasteiger partial charge in [-0.2, -0.15) is 0 Å². The van der Waals surface area contributed by atoms with Crippen LogP contribution in [0.2, 0.25) is 5.02 Å². The van der Waals surface area contributed by atoms with E-state index in [0.29, 0.717) is 11.4 Å². The van der Waals surface area contributed by atoms with Crippen molar-refractivity contribution in [3.05, 3.63) is 34.9 Å². The lowest BCUT2D eigenvalue weighted by molar-refractivity contribution is -0.129. The highest BCUT2D eigenvalue weighted by Gasteiger charge is 2.09. The number of amides is 1. The molecule has 0 aliphatic rings. The standard InChI is InChI=1S/C14H19BrClNO/c1-17(9-4-2-3-8-15)14(18)11-12-6-5-7-13(16)10-12/h5-7,10H,2-4,8-9,11H2,1H3. The molecule has 1 aromatic rings. The Kier molecular flexibility index (Phi) is 7.36. The maximum absolute atomic E-state index is 12.0. The minimum absolute atomic E-state index is 0.149. The normalized spacial score (nSPS) is 10.4. The topological polar surface area (TPSA) is 20.3 Å². The fourth-order valence-corrected chi connectivity index (χ4v) is 2.31. The third-order valence-corrected chi connectivity index (χ3v) is 3.59. The lowest BCUT2D eigenvalue weighted by Crippen LogP contribution is -2.29. The molecular formula is C14H19BrClNO. The lowest BCUT2D eigenvalue weighted by Gasteiger charge is -2.17. The van der Waals surface area contributed by atoms with Crippen LogP contribution in [0.4, 0.5) is 0 Å². The summed E-state index contributed by atoms with van der Waals surface area (Å²) in [6, 6.07) is 7.47. The minimum atomic E-state index is 0.149. The van der Waals surface area contributed by atoms with Gasteiger partial charge in [0.1, 0.15) is 0 Å². The molecule has 0 aliphatic heterocycles. The average Bonchev–Trinajstić information content (AvgIpc) is 2.34. The molecule has 1 rings (SSSR count). The van der Waals surface area contributed by atoms with Crippen LogP contribution >= 0.6 is 27.5 Å². The van der Waals surface area contributed by atoms with Crippen molar-refractivity contribution in [2.24, 2.45) is 0 Å². The number of rotatable bonds is 7. The van der Waals surface area contributed by atoms with Crippen molar-refractivity contribution in [3.63, 3.8) is 0 Å². The predicted octanol–water partition coefficient (Wildman–Crippen LogP) is 3.91. The second kappa shape index (κ2) is 8.54. The van der Waals surface area contributed by atoms with Crippen LogP contribution in [-0.4, -0.2) is 29.7 Å². The molecule has 2 nitrogen and oxygen atoms in total. The molecule has 18 heavy (non-hydrogen) atoms. The summed E-state index contributed by atoms with van der Waals surface area (Å²) in [7, 11) is 1.86. The zero-order valence-electron chi connectivity index (χ0n) is 10.7. The Hall–Kier alpha value is -0.540. The van der Waals surface area contributed by atoms with E-state index in [0.717, 1.165) is 36.7 Å². The van der Waals surface area contributed by atoms with Crippen LogP contribution < -0.4 is 0 Å². The molecule has 0 aliphatic carbocycles. The van der Waals surface area contributed by atoms with Gasteiger partial charge in [0.2, 0.25) is 5.91 Å². The van der Waals surface area contributed by atoms with E-state index in [9.17, 15) is 4.79 Å². The van der Waals surface area contributed by atoms with Crippen LogP contribution in [0.25, 0.3) is 0 Å². The molecule has 0 unspecified atom stereocenters. The first-order valence-corrected chi connectivity index (χ1v) is 7.68. The fraction of sp³-hybridized carbons (Fsp3) is 0.500. The summed E-state index contributed by atoms with van der Waals surface area (Å²) >= 11 is 9.30. The van der Waals surface area contributed by atoms with E-state index >= 15 is 0 Å². The van der Waals surface area contributed by atoms with Crippen molar-refractivity contribution >= 4 is 33.4 Å². The van der Waals surface area contributed by atoms with Gasteiger partial charge in [0.15, 0.2) is 0 Å². The molecule has 0 fully saturated rings. The zero-order chi connectivity index (χ0) is 13.4. The molecule has 0 radical (unpaired) electrons. The molecular weight excluding hydrogens is 314 g/mol. The fourth-order valence-electron chi connectivity index (χ4n) is 1.70. The second-order valence-corrected chi connectivity index (χ2v) is 5.60. The van der Waals surface area contributed by atoms with Crippen molar-refractivity contribution in [2.75, 3.05) is 18.9 Å². The first-order valence-electron chi connectivity index (χ1n) is 6.18. The van der Waals surface area contributed by atoms with E-state index in [1.807, 2.05) is 31.3 Å². The molecule has 0 spiro atoms. The number of hydrogen-bond donors (Lipinski definition) is 0. The Morgan fingerprint density at radius 3 is 2.78 bits per heavy atom. The van der Waals surface area contributed by atoms with E-state index in [2.05, 4.69) is 15.9 Å². The highest BCUT2D eigenvalue weighted by molar-refractivity contribution is 9.09. The molecule has 0 N–H and O–H groups in total. The third-order valence-electron chi connectivity index (χ3n) is 2.80. The number of nitrogens with zero attached hydrogens (tertiary/aromatic N) is 1. The van der Waals surface area contributed by atoms with Crippen LogP contribution in [0.5, 0.6) is 0 Å². The van der Waals surface area contributed by atoms with Crippen LogP contribution in [0.15, 0.2) is 24.3 Å². The van der Waals surface area contributed by atoms with E-state index < -0.39 is 0 Å². The lowest BCUT2D eigenvalue weighted by atomic mass is 10.1. The minimum Gasteiger partial charge on any atom is -0.345 e. The number of hydrogen-bond acceptors (Lipinski definition) is 1. The van der Waals surface area contributed by atoms with Crippen molar-refractivity contribution in [3.8, 4) is 0 Å². The van der Waals surface area contributed by atoms with E-state index in [1.54, 1.807) is 4.90 Å². The van der Waals surface area contributed by atoms with Gasteiger partial charge >= 0.3 is 0 Å². The zero-order valence-corrected chi connectivity index (χ0v) is 13.0. The van der Waals surface area contributed by atoms with Gasteiger partial charge in [-0.1, -0.05) is 46.1 Å². The number of carbonyl (C=O) groups excluding carboxylic acids is 1. The van der Waals surface area contributed by atoms with Crippen LogP contribution in [0, 0.1) is 0 Å². The summed E-state index contributed by atoms with van der Waals surface area (Å²) in [6.45, 7) is 0.826. The average molecular weight is 333 g/mol. The van der Waals surface area contributed by atoms with Gasteiger partial charge < -0.3 is 4.90 Å². The predicted molar refractivity (Wildman–Crippen MR) is 80.4 cm³/mol. The van der Waals surface area contributed by atoms with Crippen LogP contribution in [-0.2, 0) is 11.2 Å². The van der Waals surface area contributed by atoms with Crippen molar-refractivity contribution in [1.29, 1.82) is 0 Å². The summed E-state index contributed by atoms with van der Waals surface area (Å²) in [6.07, 6.45) is 3.80. The summed E-state index contributed by atoms with van der Waals surface area (Å²) in [5.41, 5.74) is 0.972. The number of likely N-dealkylation sites (N-methyl/N-ethyl adjacent to an activating group) is 1.